The summed E-state index contributed by atoms with van der Waals surface area (Å²) in [4.78, 5) is 11.9. The molecule has 0 saturated carbocycles. The first kappa shape index (κ1) is 16.2. The fourth-order valence-electron chi connectivity index (χ4n) is 2.01. The van der Waals surface area contributed by atoms with E-state index >= 15 is 0 Å². The van der Waals surface area contributed by atoms with Crippen LogP contribution in [0.25, 0.3) is 0 Å². The summed E-state index contributed by atoms with van der Waals surface area (Å²) in [5.41, 5.74) is 0. The summed E-state index contributed by atoms with van der Waals surface area (Å²) >= 11 is 1.34. The Morgan fingerprint density at radius 1 is 1.67 bits per heavy atom. The molecule has 1 amide bonds. The van der Waals surface area contributed by atoms with Gasteiger partial charge < -0.3 is 14.8 Å². The van der Waals surface area contributed by atoms with Crippen molar-refractivity contribution >= 4 is 17.7 Å². The summed E-state index contributed by atoms with van der Waals surface area (Å²) in [7, 11) is 1.60. The second-order valence-electron chi connectivity index (χ2n) is 4.82. The molecule has 9 heteroatoms. The Kier molecular flexibility index (Phi) is 6.40. The highest BCUT2D eigenvalue weighted by atomic mass is 32.2. The third-order valence-electron chi connectivity index (χ3n) is 3.16. The Morgan fingerprint density at radius 3 is 3.24 bits per heavy atom. The van der Waals surface area contributed by atoms with Crippen LogP contribution < -0.4 is 5.32 Å². The molecule has 2 rings (SSSR count). The number of carbonyl (C=O) groups is 1. The quantitative estimate of drug-likeness (QED) is 0.537. The van der Waals surface area contributed by atoms with Gasteiger partial charge in [0.15, 0.2) is 0 Å². The second-order valence-corrected chi connectivity index (χ2v) is 6.13. The maximum Gasteiger partial charge on any atom is 0.233 e. The minimum Gasteiger partial charge on any atom is -0.383 e. The molecule has 0 bridgehead atoms. The van der Waals surface area contributed by atoms with Crippen LogP contribution in [0.3, 0.4) is 0 Å². The van der Waals surface area contributed by atoms with Crippen molar-refractivity contribution in [2.45, 2.75) is 42.8 Å². The van der Waals surface area contributed by atoms with Crippen LogP contribution in [-0.4, -0.2) is 64.3 Å². The molecule has 1 aromatic heterocycles. The van der Waals surface area contributed by atoms with Gasteiger partial charge in [-0.3, -0.25) is 4.79 Å². The van der Waals surface area contributed by atoms with Crippen molar-refractivity contribution in [2.24, 2.45) is 0 Å². The molecule has 1 fully saturated rings. The Morgan fingerprint density at radius 2 is 2.52 bits per heavy atom. The van der Waals surface area contributed by atoms with Crippen LogP contribution in [0.5, 0.6) is 0 Å². The van der Waals surface area contributed by atoms with Gasteiger partial charge in [0.05, 0.1) is 24.5 Å². The largest absolute Gasteiger partial charge is 0.383 e. The first-order valence-corrected chi connectivity index (χ1v) is 7.89. The van der Waals surface area contributed by atoms with E-state index in [2.05, 4.69) is 20.8 Å². The summed E-state index contributed by atoms with van der Waals surface area (Å²) in [5, 5.41) is 14.8. The Labute approximate surface area is 127 Å². The standard InChI is InChI=1S/C12H21N5O3S/c1-9(11(18)13-5-7-19-2)21-12-14-15-16-17(12)8-10-4-3-6-20-10/h9-10H,3-8H2,1-2H3,(H,13,18)/t9-,10+/m0/s1. The van der Waals surface area contributed by atoms with Gasteiger partial charge in [0.2, 0.25) is 11.1 Å². The lowest BCUT2D eigenvalue weighted by Gasteiger charge is -2.13. The molecule has 1 aromatic rings. The summed E-state index contributed by atoms with van der Waals surface area (Å²) < 4.78 is 12.2. The zero-order valence-corrected chi connectivity index (χ0v) is 13.1. The molecule has 2 heterocycles. The smallest absolute Gasteiger partial charge is 0.233 e. The van der Waals surface area contributed by atoms with Gasteiger partial charge in [-0.1, -0.05) is 11.8 Å². The van der Waals surface area contributed by atoms with E-state index in [9.17, 15) is 4.79 Å². The molecule has 0 unspecified atom stereocenters. The normalized spacial score (nSPS) is 19.6. The highest BCUT2D eigenvalue weighted by molar-refractivity contribution is 8.00. The Bertz CT molecular complexity index is 450. The van der Waals surface area contributed by atoms with E-state index in [0.717, 1.165) is 19.4 Å². The molecule has 1 aliphatic rings. The highest BCUT2D eigenvalue weighted by Crippen LogP contribution is 2.22. The molecule has 0 spiro atoms. The van der Waals surface area contributed by atoms with E-state index in [1.165, 1.54) is 11.8 Å². The summed E-state index contributed by atoms with van der Waals surface area (Å²) in [6, 6.07) is 0. The van der Waals surface area contributed by atoms with Gasteiger partial charge >= 0.3 is 0 Å². The van der Waals surface area contributed by atoms with Gasteiger partial charge in [0, 0.05) is 20.3 Å². The van der Waals surface area contributed by atoms with Crippen molar-refractivity contribution in [2.75, 3.05) is 26.9 Å². The number of hydrogen-bond donors (Lipinski definition) is 1. The zero-order chi connectivity index (χ0) is 15.1. The third kappa shape index (κ3) is 4.94. The third-order valence-corrected chi connectivity index (χ3v) is 4.23. The Hall–Kier alpha value is -1.19. The number of hydrogen-bond acceptors (Lipinski definition) is 7. The fraction of sp³-hybridized carbons (Fsp3) is 0.833. The average molecular weight is 315 g/mol. The lowest BCUT2D eigenvalue weighted by molar-refractivity contribution is -0.120. The number of thioether (sulfide) groups is 1. The van der Waals surface area contributed by atoms with Crippen LogP contribution >= 0.6 is 11.8 Å². The molecule has 1 aliphatic heterocycles. The van der Waals surface area contributed by atoms with E-state index in [4.69, 9.17) is 9.47 Å². The van der Waals surface area contributed by atoms with E-state index in [1.807, 2.05) is 6.92 Å². The summed E-state index contributed by atoms with van der Waals surface area (Å²) in [6.07, 6.45) is 2.27. The Balaban J connectivity index is 1.84. The van der Waals surface area contributed by atoms with Crippen LogP contribution in [0.4, 0.5) is 0 Å². The number of nitrogens with zero attached hydrogens (tertiary/aromatic N) is 4. The SMILES string of the molecule is COCCNC(=O)[C@H](C)Sc1nnnn1C[C@H]1CCCO1. The van der Waals surface area contributed by atoms with Gasteiger partial charge in [-0.05, 0) is 30.2 Å². The fourth-order valence-corrected chi connectivity index (χ4v) is 2.83. The van der Waals surface area contributed by atoms with Crippen LogP contribution in [0.15, 0.2) is 5.16 Å². The number of rotatable bonds is 8. The molecule has 0 aliphatic carbocycles. The van der Waals surface area contributed by atoms with E-state index in [1.54, 1.807) is 11.8 Å². The molecule has 0 radical (unpaired) electrons. The number of ether oxygens (including phenoxy) is 2. The molecular formula is C12H21N5O3S. The van der Waals surface area contributed by atoms with Gasteiger partial charge in [0.1, 0.15) is 0 Å². The van der Waals surface area contributed by atoms with Crippen molar-refractivity contribution in [1.82, 2.24) is 25.5 Å². The zero-order valence-electron chi connectivity index (χ0n) is 12.3. The number of aromatic nitrogens is 4. The topological polar surface area (TPSA) is 91.2 Å². The molecular weight excluding hydrogens is 294 g/mol. The second kappa shape index (κ2) is 8.30. The average Bonchev–Trinajstić information content (AvgIpc) is 3.12. The minimum atomic E-state index is -0.267. The molecule has 1 saturated heterocycles. The maximum atomic E-state index is 11.9. The van der Waals surface area contributed by atoms with Crippen LogP contribution in [-0.2, 0) is 20.8 Å². The van der Waals surface area contributed by atoms with E-state index in [-0.39, 0.29) is 17.3 Å². The summed E-state index contributed by atoms with van der Waals surface area (Å²) in [5.74, 6) is -0.0521. The number of tetrazole rings is 1. The predicted molar refractivity (Wildman–Crippen MR) is 77.0 cm³/mol. The molecule has 0 aromatic carbocycles. The van der Waals surface area contributed by atoms with Crippen molar-refractivity contribution in [3.05, 3.63) is 0 Å². The number of amides is 1. The molecule has 21 heavy (non-hydrogen) atoms. The highest BCUT2D eigenvalue weighted by Gasteiger charge is 2.22. The van der Waals surface area contributed by atoms with Crippen LogP contribution in [0.1, 0.15) is 19.8 Å². The van der Waals surface area contributed by atoms with Gasteiger partial charge in [-0.15, -0.1) is 5.10 Å². The molecule has 8 nitrogen and oxygen atoms in total. The van der Waals surface area contributed by atoms with Crippen molar-refractivity contribution in [3.8, 4) is 0 Å². The van der Waals surface area contributed by atoms with Gasteiger partial charge in [-0.25, -0.2) is 4.68 Å². The number of carbonyl (C=O) groups excluding carboxylic acids is 1. The van der Waals surface area contributed by atoms with E-state index in [0.29, 0.717) is 24.9 Å². The molecule has 1 N–H and O–H groups in total. The predicted octanol–water partition coefficient (Wildman–Crippen LogP) is 0.0953. The lowest BCUT2D eigenvalue weighted by Crippen LogP contribution is -2.33. The first-order valence-electron chi connectivity index (χ1n) is 7.01. The number of nitrogens with one attached hydrogen (secondary N) is 1. The minimum absolute atomic E-state index is 0.0521. The molecule has 118 valence electrons. The van der Waals surface area contributed by atoms with Crippen molar-refractivity contribution in [1.29, 1.82) is 0 Å². The number of methoxy groups -OCH3 is 1. The molecule has 2 atom stereocenters. The van der Waals surface area contributed by atoms with Crippen LogP contribution in [0.2, 0.25) is 0 Å². The lowest BCUT2D eigenvalue weighted by atomic mass is 10.2. The monoisotopic (exact) mass is 315 g/mol. The van der Waals surface area contributed by atoms with E-state index < -0.39 is 0 Å². The first-order chi connectivity index (χ1) is 10.2. The van der Waals surface area contributed by atoms with Crippen LogP contribution in [0, 0.1) is 0 Å². The van der Waals surface area contributed by atoms with Crippen molar-refractivity contribution < 1.29 is 14.3 Å². The maximum absolute atomic E-state index is 11.9. The summed E-state index contributed by atoms with van der Waals surface area (Å²) in [6.45, 7) is 4.26. The van der Waals surface area contributed by atoms with Gasteiger partial charge in [-0.2, -0.15) is 0 Å². The van der Waals surface area contributed by atoms with Crippen molar-refractivity contribution in [3.63, 3.8) is 0 Å². The van der Waals surface area contributed by atoms with Gasteiger partial charge in [0.25, 0.3) is 0 Å².